The Morgan fingerprint density at radius 3 is 2.86 bits per heavy atom. The van der Waals surface area contributed by atoms with Crippen LogP contribution in [0.4, 0.5) is 0 Å². The lowest BCUT2D eigenvalue weighted by atomic mass is 9.99. The van der Waals surface area contributed by atoms with Crippen molar-refractivity contribution in [3.05, 3.63) is 59.5 Å². The number of hydrogen-bond acceptors (Lipinski definition) is 3. The summed E-state index contributed by atoms with van der Waals surface area (Å²) >= 11 is 0. The number of likely N-dealkylation sites (tertiary alicyclic amines) is 1. The van der Waals surface area contributed by atoms with Gasteiger partial charge in [0.15, 0.2) is 5.76 Å². The first kappa shape index (κ1) is 14.9. The van der Waals surface area contributed by atoms with Gasteiger partial charge < -0.3 is 14.6 Å². The van der Waals surface area contributed by atoms with Gasteiger partial charge in [0, 0.05) is 25.2 Å². The second-order valence-corrected chi connectivity index (χ2v) is 5.89. The zero-order chi connectivity index (χ0) is 15.4. The van der Waals surface area contributed by atoms with Crippen LogP contribution < -0.4 is 5.32 Å². The summed E-state index contributed by atoms with van der Waals surface area (Å²) in [7, 11) is 0. The first-order valence-corrected chi connectivity index (χ1v) is 7.83. The SMILES string of the molecule is Cc1ccoc1C(=O)NCCN1CCC(c2ccccc2)C1. The smallest absolute Gasteiger partial charge is 0.287 e. The predicted molar refractivity (Wildman–Crippen MR) is 86.0 cm³/mol. The Balaban J connectivity index is 1.44. The highest BCUT2D eigenvalue weighted by Gasteiger charge is 2.23. The van der Waals surface area contributed by atoms with E-state index in [-0.39, 0.29) is 5.91 Å². The zero-order valence-electron chi connectivity index (χ0n) is 12.9. The topological polar surface area (TPSA) is 45.5 Å². The fraction of sp³-hybridized carbons (Fsp3) is 0.389. The van der Waals surface area contributed by atoms with Crippen LogP contribution >= 0.6 is 0 Å². The fourth-order valence-corrected chi connectivity index (χ4v) is 3.05. The molecule has 1 aromatic carbocycles. The van der Waals surface area contributed by atoms with Crippen LogP contribution in [0.15, 0.2) is 47.1 Å². The normalized spacial score (nSPS) is 18.5. The Morgan fingerprint density at radius 2 is 2.14 bits per heavy atom. The lowest BCUT2D eigenvalue weighted by molar-refractivity contribution is 0.0921. The number of carbonyl (C=O) groups is 1. The molecule has 1 aromatic heterocycles. The van der Waals surface area contributed by atoms with Crippen LogP contribution in [0, 0.1) is 6.92 Å². The van der Waals surface area contributed by atoms with Gasteiger partial charge in [-0.05, 0) is 37.4 Å². The maximum absolute atomic E-state index is 12.0. The predicted octanol–water partition coefficient (Wildman–Crippen LogP) is 2.81. The van der Waals surface area contributed by atoms with Crippen LogP contribution in [0.2, 0.25) is 0 Å². The highest BCUT2D eigenvalue weighted by molar-refractivity contribution is 5.92. The molecule has 0 radical (unpaired) electrons. The Kier molecular flexibility index (Phi) is 4.59. The summed E-state index contributed by atoms with van der Waals surface area (Å²) in [5.41, 5.74) is 2.29. The van der Waals surface area contributed by atoms with Crippen LogP contribution in [0.5, 0.6) is 0 Å². The molecule has 22 heavy (non-hydrogen) atoms. The van der Waals surface area contributed by atoms with E-state index in [1.54, 1.807) is 12.3 Å². The van der Waals surface area contributed by atoms with Crippen LogP contribution in [0.25, 0.3) is 0 Å². The number of hydrogen-bond donors (Lipinski definition) is 1. The van der Waals surface area contributed by atoms with Crippen molar-refractivity contribution in [3.8, 4) is 0 Å². The Labute approximate surface area is 131 Å². The quantitative estimate of drug-likeness (QED) is 0.923. The average Bonchev–Trinajstić information content (AvgIpc) is 3.17. The van der Waals surface area contributed by atoms with Gasteiger partial charge in [0.1, 0.15) is 0 Å². The molecule has 1 N–H and O–H groups in total. The summed E-state index contributed by atoms with van der Waals surface area (Å²) in [5.74, 6) is 0.911. The molecule has 0 aliphatic carbocycles. The number of nitrogens with one attached hydrogen (secondary N) is 1. The molecule has 1 unspecified atom stereocenters. The molecule has 3 rings (SSSR count). The molecule has 1 atom stereocenters. The van der Waals surface area contributed by atoms with Crippen molar-refractivity contribution in [3.63, 3.8) is 0 Å². The summed E-state index contributed by atoms with van der Waals surface area (Å²) in [6.07, 6.45) is 2.74. The van der Waals surface area contributed by atoms with Crippen molar-refractivity contribution in [2.45, 2.75) is 19.3 Å². The third kappa shape index (κ3) is 3.39. The minimum absolute atomic E-state index is 0.124. The van der Waals surface area contributed by atoms with Gasteiger partial charge in [0.2, 0.25) is 0 Å². The van der Waals surface area contributed by atoms with Gasteiger partial charge in [-0.2, -0.15) is 0 Å². The molecule has 0 bridgehead atoms. The second-order valence-electron chi connectivity index (χ2n) is 5.89. The summed E-state index contributed by atoms with van der Waals surface area (Å²) in [4.78, 5) is 14.4. The largest absolute Gasteiger partial charge is 0.459 e. The molecule has 1 amide bonds. The first-order chi connectivity index (χ1) is 10.7. The molecule has 116 valence electrons. The second kappa shape index (κ2) is 6.79. The van der Waals surface area contributed by atoms with Crippen molar-refractivity contribution >= 4 is 5.91 Å². The standard InChI is InChI=1S/C18H22N2O2/c1-14-8-12-22-17(14)18(21)19-9-11-20-10-7-16(13-20)15-5-3-2-4-6-15/h2-6,8,12,16H,7,9-11,13H2,1H3,(H,19,21). The van der Waals surface area contributed by atoms with E-state index in [0.29, 0.717) is 18.2 Å². The third-order valence-electron chi connectivity index (χ3n) is 4.33. The van der Waals surface area contributed by atoms with Crippen molar-refractivity contribution in [1.29, 1.82) is 0 Å². The van der Waals surface area contributed by atoms with E-state index in [4.69, 9.17) is 4.42 Å². The minimum atomic E-state index is -0.124. The van der Waals surface area contributed by atoms with Crippen molar-refractivity contribution in [1.82, 2.24) is 10.2 Å². The molecule has 2 heterocycles. The number of aryl methyl sites for hydroxylation is 1. The van der Waals surface area contributed by atoms with E-state index in [1.807, 2.05) is 6.92 Å². The maximum Gasteiger partial charge on any atom is 0.287 e. The van der Waals surface area contributed by atoms with Gasteiger partial charge in [-0.3, -0.25) is 4.79 Å². The lowest BCUT2D eigenvalue weighted by Crippen LogP contribution is -2.33. The average molecular weight is 298 g/mol. The molecule has 1 fully saturated rings. The molecule has 0 saturated carbocycles. The maximum atomic E-state index is 12.0. The van der Waals surface area contributed by atoms with Gasteiger partial charge in [0.05, 0.1) is 6.26 Å². The summed E-state index contributed by atoms with van der Waals surface area (Å²) in [6, 6.07) is 12.5. The lowest BCUT2D eigenvalue weighted by Gasteiger charge is -2.16. The zero-order valence-corrected chi connectivity index (χ0v) is 12.9. The van der Waals surface area contributed by atoms with Crippen LogP contribution in [0.1, 0.15) is 34.0 Å². The van der Waals surface area contributed by atoms with E-state index in [1.165, 1.54) is 12.0 Å². The number of furan rings is 1. The number of rotatable bonds is 5. The molecule has 4 heteroatoms. The molecule has 1 aliphatic heterocycles. The number of benzene rings is 1. The van der Waals surface area contributed by atoms with E-state index in [9.17, 15) is 4.79 Å². The van der Waals surface area contributed by atoms with Gasteiger partial charge in [-0.1, -0.05) is 30.3 Å². The summed E-state index contributed by atoms with van der Waals surface area (Å²) in [5, 5.41) is 2.93. The van der Waals surface area contributed by atoms with Crippen molar-refractivity contribution in [2.75, 3.05) is 26.2 Å². The first-order valence-electron chi connectivity index (χ1n) is 7.83. The van der Waals surface area contributed by atoms with Crippen LogP contribution in [-0.2, 0) is 0 Å². The molecular formula is C18H22N2O2. The van der Waals surface area contributed by atoms with E-state index >= 15 is 0 Å². The van der Waals surface area contributed by atoms with Crippen molar-refractivity contribution < 1.29 is 9.21 Å². The summed E-state index contributed by atoms with van der Waals surface area (Å²) < 4.78 is 5.20. The van der Waals surface area contributed by atoms with Crippen molar-refractivity contribution in [2.24, 2.45) is 0 Å². The molecule has 1 saturated heterocycles. The van der Waals surface area contributed by atoms with E-state index in [0.717, 1.165) is 25.2 Å². The molecule has 4 nitrogen and oxygen atoms in total. The summed E-state index contributed by atoms with van der Waals surface area (Å²) in [6.45, 7) is 5.58. The fourth-order valence-electron chi connectivity index (χ4n) is 3.05. The Morgan fingerprint density at radius 1 is 1.32 bits per heavy atom. The third-order valence-corrected chi connectivity index (χ3v) is 4.33. The molecular weight excluding hydrogens is 276 g/mol. The Hall–Kier alpha value is -2.07. The number of carbonyl (C=O) groups excluding carboxylic acids is 1. The van der Waals surface area contributed by atoms with Gasteiger partial charge >= 0.3 is 0 Å². The van der Waals surface area contributed by atoms with Gasteiger partial charge in [0.25, 0.3) is 5.91 Å². The Bertz CT molecular complexity index is 621. The molecule has 1 aliphatic rings. The van der Waals surface area contributed by atoms with Gasteiger partial charge in [-0.25, -0.2) is 0 Å². The highest BCUT2D eigenvalue weighted by atomic mass is 16.3. The molecule has 2 aromatic rings. The number of nitrogens with zero attached hydrogens (tertiary/aromatic N) is 1. The molecule has 0 spiro atoms. The van der Waals surface area contributed by atoms with E-state index in [2.05, 4.69) is 40.5 Å². The van der Waals surface area contributed by atoms with Gasteiger partial charge in [-0.15, -0.1) is 0 Å². The highest BCUT2D eigenvalue weighted by Crippen LogP contribution is 2.26. The van der Waals surface area contributed by atoms with Crippen LogP contribution in [0.3, 0.4) is 0 Å². The minimum Gasteiger partial charge on any atom is -0.459 e. The monoisotopic (exact) mass is 298 g/mol. The number of amides is 1. The van der Waals surface area contributed by atoms with Crippen LogP contribution in [-0.4, -0.2) is 37.0 Å². The van der Waals surface area contributed by atoms with E-state index < -0.39 is 0 Å².